The lowest BCUT2D eigenvalue weighted by molar-refractivity contribution is 0.0525. The number of aliphatic hydroxyl groups excluding tert-OH is 1. The largest absolute Gasteiger partial charge is 0.394 e. The summed E-state index contributed by atoms with van der Waals surface area (Å²) >= 11 is 0. The molecule has 0 aromatic rings. The van der Waals surface area contributed by atoms with E-state index < -0.39 is 0 Å². The lowest BCUT2D eigenvalue weighted by Gasteiger charge is -2.43. The summed E-state index contributed by atoms with van der Waals surface area (Å²) in [7, 11) is 2.22. The van der Waals surface area contributed by atoms with Gasteiger partial charge >= 0.3 is 0 Å². The number of likely N-dealkylation sites (N-methyl/N-ethyl adjacent to an activating group) is 1. The highest BCUT2D eigenvalue weighted by Gasteiger charge is 2.39. The zero-order chi connectivity index (χ0) is 14.0. The Balaban J connectivity index is 1.82. The predicted octanol–water partition coefficient (Wildman–Crippen LogP) is 0.891. The van der Waals surface area contributed by atoms with Crippen LogP contribution in [0.3, 0.4) is 0 Å². The van der Waals surface area contributed by atoms with Gasteiger partial charge in [0.2, 0.25) is 0 Å². The van der Waals surface area contributed by atoms with E-state index in [4.69, 9.17) is 5.73 Å². The van der Waals surface area contributed by atoms with Gasteiger partial charge < -0.3 is 15.7 Å². The van der Waals surface area contributed by atoms with Crippen molar-refractivity contribution in [2.45, 2.75) is 57.2 Å². The van der Waals surface area contributed by atoms with E-state index >= 15 is 0 Å². The van der Waals surface area contributed by atoms with E-state index in [0.717, 1.165) is 32.5 Å². The Hall–Kier alpha value is -0.160. The van der Waals surface area contributed by atoms with Gasteiger partial charge in [0.25, 0.3) is 0 Å². The molecule has 1 saturated heterocycles. The van der Waals surface area contributed by atoms with Crippen molar-refractivity contribution in [1.82, 2.24) is 9.80 Å². The van der Waals surface area contributed by atoms with Crippen LogP contribution in [0.2, 0.25) is 0 Å². The maximum atomic E-state index is 9.51. The van der Waals surface area contributed by atoms with Gasteiger partial charge in [0.1, 0.15) is 0 Å². The molecule has 1 aliphatic carbocycles. The zero-order valence-electron chi connectivity index (χ0n) is 12.8. The van der Waals surface area contributed by atoms with Gasteiger partial charge in [-0.15, -0.1) is 0 Å². The van der Waals surface area contributed by atoms with Crippen molar-refractivity contribution in [2.24, 2.45) is 11.7 Å². The van der Waals surface area contributed by atoms with Crippen molar-refractivity contribution in [3.05, 3.63) is 0 Å². The van der Waals surface area contributed by atoms with Gasteiger partial charge in [-0.1, -0.05) is 6.42 Å². The molecule has 4 heteroatoms. The van der Waals surface area contributed by atoms with Crippen molar-refractivity contribution in [3.63, 3.8) is 0 Å². The summed E-state index contributed by atoms with van der Waals surface area (Å²) in [6, 6.07) is 1.26. The van der Waals surface area contributed by atoms with Crippen molar-refractivity contribution in [3.8, 4) is 0 Å². The van der Waals surface area contributed by atoms with E-state index in [1.54, 1.807) is 0 Å². The first-order chi connectivity index (χ1) is 8.96. The third kappa shape index (κ3) is 3.30. The molecule has 0 radical (unpaired) electrons. The first kappa shape index (κ1) is 15.2. The highest BCUT2D eigenvalue weighted by molar-refractivity contribution is 4.96. The topological polar surface area (TPSA) is 52.7 Å². The molecule has 1 aliphatic heterocycles. The normalized spacial score (nSPS) is 41.8. The van der Waals surface area contributed by atoms with E-state index in [-0.39, 0.29) is 12.1 Å². The van der Waals surface area contributed by atoms with Gasteiger partial charge in [-0.05, 0) is 52.6 Å². The Morgan fingerprint density at radius 2 is 1.89 bits per heavy atom. The van der Waals surface area contributed by atoms with Crippen LogP contribution < -0.4 is 5.73 Å². The minimum atomic E-state index is -0.302. The fourth-order valence-electron chi connectivity index (χ4n) is 3.84. The van der Waals surface area contributed by atoms with Crippen molar-refractivity contribution in [2.75, 3.05) is 33.3 Å². The summed E-state index contributed by atoms with van der Waals surface area (Å²) in [5, 5.41) is 9.51. The lowest BCUT2D eigenvalue weighted by atomic mass is 9.86. The summed E-state index contributed by atoms with van der Waals surface area (Å²) in [6.45, 7) is 8.20. The molecule has 1 heterocycles. The van der Waals surface area contributed by atoms with E-state index in [1.807, 2.05) is 0 Å². The molecule has 112 valence electrons. The second-order valence-electron chi connectivity index (χ2n) is 6.89. The van der Waals surface area contributed by atoms with Crippen LogP contribution in [0, 0.1) is 5.92 Å². The fraction of sp³-hybridized carbons (Fsp3) is 1.00. The SMILES string of the molecule is CC1CN(CCC2CCCC2(N)CO)CC(C)N1C. The fourth-order valence-corrected chi connectivity index (χ4v) is 3.84. The summed E-state index contributed by atoms with van der Waals surface area (Å²) < 4.78 is 0. The maximum absolute atomic E-state index is 9.51. The molecule has 0 aromatic heterocycles. The van der Waals surface area contributed by atoms with Crippen molar-refractivity contribution < 1.29 is 5.11 Å². The molecule has 0 aromatic carbocycles. The molecule has 1 saturated carbocycles. The molecule has 4 unspecified atom stereocenters. The molecular formula is C15H31N3O. The smallest absolute Gasteiger partial charge is 0.0613 e. The van der Waals surface area contributed by atoms with Crippen LogP contribution in [0.5, 0.6) is 0 Å². The Bertz CT molecular complexity index is 287. The van der Waals surface area contributed by atoms with E-state index in [9.17, 15) is 5.11 Å². The van der Waals surface area contributed by atoms with Gasteiger partial charge in [0.05, 0.1) is 6.61 Å². The highest BCUT2D eigenvalue weighted by Crippen LogP contribution is 2.35. The zero-order valence-corrected chi connectivity index (χ0v) is 12.8. The van der Waals surface area contributed by atoms with Crippen LogP contribution in [0.4, 0.5) is 0 Å². The van der Waals surface area contributed by atoms with Crippen LogP contribution in [-0.4, -0.2) is 65.8 Å². The number of aliphatic hydroxyl groups is 1. The van der Waals surface area contributed by atoms with Crippen molar-refractivity contribution in [1.29, 1.82) is 0 Å². The summed E-state index contributed by atoms with van der Waals surface area (Å²) in [6.07, 6.45) is 4.50. The van der Waals surface area contributed by atoms with Gasteiger partial charge in [-0.3, -0.25) is 4.90 Å². The number of rotatable bonds is 4. The van der Waals surface area contributed by atoms with Crippen LogP contribution in [0.25, 0.3) is 0 Å². The van der Waals surface area contributed by atoms with Crippen molar-refractivity contribution >= 4 is 0 Å². The third-order valence-corrected chi connectivity index (χ3v) is 5.53. The summed E-state index contributed by atoms with van der Waals surface area (Å²) in [5.41, 5.74) is 6.02. The highest BCUT2D eigenvalue weighted by atomic mass is 16.3. The third-order valence-electron chi connectivity index (χ3n) is 5.53. The predicted molar refractivity (Wildman–Crippen MR) is 79.1 cm³/mol. The van der Waals surface area contributed by atoms with Crippen LogP contribution in [0.1, 0.15) is 39.5 Å². The summed E-state index contributed by atoms with van der Waals surface area (Å²) in [5.74, 6) is 0.503. The van der Waals surface area contributed by atoms with Crippen LogP contribution >= 0.6 is 0 Å². The molecule has 3 N–H and O–H groups in total. The minimum Gasteiger partial charge on any atom is -0.394 e. The number of hydrogen-bond donors (Lipinski definition) is 2. The molecule has 4 atom stereocenters. The molecule has 19 heavy (non-hydrogen) atoms. The standard InChI is InChI=1S/C15H31N3O/c1-12-9-18(10-13(2)17(12)3)8-6-14-5-4-7-15(14,16)11-19/h12-14,19H,4-11,16H2,1-3H3. The average molecular weight is 269 g/mol. The number of piperazine rings is 1. The van der Waals surface area contributed by atoms with Gasteiger partial charge in [-0.25, -0.2) is 0 Å². The maximum Gasteiger partial charge on any atom is 0.0613 e. The van der Waals surface area contributed by atoms with Crippen LogP contribution in [0.15, 0.2) is 0 Å². The molecule has 0 amide bonds. The van der Waals surface area contributed by atoms with Gasteiger partial charge in [0, 0.05) is 30.7 Å². The molecular weight excluding hydrogens is 238 g/mol. The first-order valence-electron chi connectivity index (χ1n) is 7.80. The Morgan fingerprint density at radius 3 is 2.47 bits per heavy atom. The second-order valence-corrected chi connectivity index (χ2v) is 6.89. The van der Waals surface area contributed by atoms with E-state index in [2.05, 4.69) is 30.7 Å². The molecule has 0 bridgehead atoms. The molecule has 2 rings (SSSR count). The Labute approximate surface area is 117 Å². The number of nitrogens with zero attached hydrogens (tertiary/aromatic N) is 2. The first-order valence-corrected chi connectivity index (χ1v) is 7.80. The molecule has 0 spiro atoms. The lowest BCUT2D eigenvalue weighted by Crippen LogP contribution is -2.55. The number of nitrogens with two attached hydrogens (primary N) is 1. The van der Waals surface area contributed by atoms with E-state index in [1.165, 1.54) is 12.8 Å². The quantitative estimate of drug-likeness (QED) is 0.796. The second kappa shape index (κ2) is 6.08. The Morgan fingerprint density at radius 1 is 1.26 bits per heavy atom. The number of hydrogen-bond acceptors (Lipinski definition) is 4. The van der Waals surface area contributed by atoms with Gasteiger partial charge in [0.15, 0.2) is 0 Å². The Kier molecular flexibility index (Phi) is 4.88. The minimum absolute atomic E-state index is 0.146. The molecule has 4 nitrogen and oxygen atoms in total. The van der Waals surface area contributed by atoms with E-state index in [0.29, 0.717) is 18.0 Å². The average Bonchev–Trinajstić information content (AvgIpc) is 2.75. The molecule has 2 fully saturated rings. The summed E-state index contributed by atoms with van der Waals surface area (Å²) in [4.78, 5) is 5.04. The monoisotopic (exact) mass is 269 g/mol. The van der Waals surface area contributed by atoms with Crippen LogP contribution in [-0.2, 0) is 0 Å². The molecule has 2 aliphatic rings. The van der Waals surface area contributed by atoms with Gasteiger partial charge in [-0.2, -0.15) is 0 Å².